The summed E-state index contributed by atoms with van der Waals surface area (Å²) in [5.74, 6) is 2.14. The molecule has 5 aromatic rings. The van der Waals surface area contributed by atoms with E-state index in [1.54, 1.807) is 18.7 Å². The van der Waals surface area contributed by atoms with Crippen LogP contribution in [0.15, 0.2) is 55.1 Å². The summed E-state index contributed by atoms with van der Waals surface area (Å²) in [6.07, 6.45) is 6.69. The Kier molecular flexibility index (Phi) is 13.4. The van der Waals surface area contributed by atoms with Crippen molar-refractivity contribution in [1.29, 1.82) is 0 Å². The lowest BCUT2D eigenvalue weighted by atomic mass is 9.90. The number of aromatic nitrogens is 6. The fraction of sp³-hybridized carbons (Fsp3) is 0.531. The molecule has 3 unspecified atom stereocenters. The fourth-order valence-electron chi connectivity index (χ4n) is 10.5. The maximum absolute atomic E-state index is 14.4. The van der Waals surface area contributed by atoms with Crippen LogP contribution in [0.3, 0.4) is 0 Å². The van der Waals surface area contributed by atoms with Gasteiger partial charge in [0.1, 0.15) is 23.7 Å². The average Bonchev–Trinajstić information content (AvgIpc) is 3.80. The zero-order valence-electron chi connectivity index (χ0n) is 39.0. The van der Waals surface area contributed by atoms with Crippen LogP contribution in [0.2, 0.25) is 0 Å². The van der Waals surface area contributed by atoms with Crippen LogP contribution in [-0.2, 0) is 41.6 Å². The third kappa shape index (κ3) is 9.50. The van der Waals surface area contributed by atoms with Crippen molar-refractivity contribution in [3.63, 3.8) is 0 Å². The zero-order chi connectivity index (χ0) is 46.9. The monoisotopic (exact) mass is 918 g/mol. The second kappa shape index (κ2) is 19.5. The molecule has 4 aliphatic rings. The molecule has 5 N–H and O–H groups in total. The summed E-state index contributed by atoms with van der Waals surface area (Å²) in [7, 11) is 2.62. The molecule has 18 nitrogen and oxygen atoms in total. The van der Waals surface area contributed by atoms with Gasteiger partial charge in [-0.2, -0.15) is 0 Å². The molecule has 18 heteroatoms. The van der Waals surface area contributed by atoms with Crippen molar-refractivity contribution in [3.05, 3.63) is 66.8 Å². The third-order valence-electron chi connectivity index (χ3n) is 15.0. The molecule has 3 aromatic heterocycles. The first-order chi connectivity index (χ1) is 32.4. The van der Waals surface area contributed by atoms with Crippen LogP contribution in [-0.4, -0.2) is 129 Å². The number of alkyl carbamates (subject to hydrolysis) is 2. The smallest absolute Gasteiger partial charge is 0.407 e. The van der Waals surface area contributed by atoms with Crippen molar-refractivity contribution in [2.24, 2.45) is 35.5 Å². The SMILES string of the molecule is COC(=O)N[C@H](C(=O)N(Cc1ncc(-c2ccc(-c3ccc(-c4cnc(CN(C(=O)[C@@H](NC(=O)OC)C5CCOCC5)C5[C@@H](C)[C@H]5C)[nH]4)c4nc[nH]c34)cc2)[nH]1)C1C(C)[C@@H]1C)C1CCOCC1. The van der Waals surface area contributed by atoms with Gasteiger partial charge < -0.3 is 54.3 Å². The van der Waals surface area contributed by atoms with Crippen molar-refractivity contribution < 1.29 is 38.1 Å². The maximum atomic E-state index is 14.4. The van der Waals surface area contributed by atoms with E-state index in [0.29, 0.717) is 87.4 Å². The summed E-state index contributed by atoms with van der Waals surface area (Å²) in [4.78, 5) is 81.9. The normalized spacial score (nSPS) is 23.8. The highest BCUT2D eigenvalue weighted by Gasteiger charge is 2.52. The number of hydrogen-bond acceptors (Lipinski definition) is 11. The first kappa shape index (κ1) is 45.9. The minimum Gasteiger partial charge on any atom is -0.453 e. The summed E-state index contributed by atoms with van der Waals surface area (Å²) in [5, 5.41) is 5.69. The van der Waals surface area contributed by atoms with Crippen molar-refractivity contribution >= 4 is 35.0 Å². The van der Waals surface area contributed by atoms with Crippen LogP contribution in [0.25, 0.3) is 44.7 Å². The van der Waals surface area contributed by atoms with Gasteiger partial charge in [0, 0.05) is 49.6 Å². The lowest BCUT2D eigenvalue weighted by molar-refractivity contribution is -0.138. The number of amides is 4. The highest BCUT2D eigenvalue weighted by atomic mass is 16.5. The van der Waals surface area contributed by atoms with Crippen molar-refractivity contribution in [3.8, 4) is 33.6 Å². The van der Waals surface area contributed by atoms with E-state index in [1.807, 2.05) is 28.0 Å². The fourth-order valence-corrected chi connectivity index (χ4v) is 10.5. The molecule has 0 radical (unpaired) electrons. The molecule has 2 saturated carbocycles. The van der Waals surface area contributed by atoms with Gasteiger partial charge >= 0.3 is 12.2 Å². The number of H-pyrrole nitrogens is 3. The van der Waals surface area contributed by atoms with Gasteiger partial charge in [-0.15, -0.1) is 0 Å². The van der Waals surface area contributed by atoms with Crippen molar-refractivity contribution in [2.75, 3.05) is 40.6 Å². The second-order valence-corrected chi connectivity index (χ2v) is 18.8. The standard InChI is InChI=1S/C49H62N10O8/c1-26-27(2)44(26)58(46(60)40(56-48(62)64-5)32-13-17-66-18-14-32)23-38-50-21-36(54-38)31-9-7-30(8-10-31)34-11-12-35(43-42(34)52-25-53-43)37-22-51-39(55-37)24-59(45-28(3)29(45)4)47(61)41(57-49(63)65-6)33-15-19-67-20-16-33/h7-12,21-22,25-29,32-33,40-41,44-45H,13-20,23-24H2,1-6H3,(H,50,54)(H,51,55)(H,52,53)(H,56,62)(H,57,63)/t26-,27?,28-,29+,40-,41-,44?,45?/m0/s1. The molecule has 5 heterocycles. The number of benzene rings is 2. The molecule has 2 aliphatic carbocycles. The topological polar surface area (TPSA) is 222 Å². The number of nitrogens with one attached hydrogen (secondary N) is 5. The van der Waals surface area contributed by atoms with E-state index in [0.717, 1.165) is 44.7 Å². The molecule has 0 bridgehead atoms. The third-order valence-corrected chi connectivity index (χ3v) is 15.0. The highest BCUT2D eigenvalue weighted by Crippen LogP contribution is 2.45. The Morgan fingerprint density at radius 1 is 0.642 bits per heavy atom. The summed E-state index contributed by atoms with van der Waals surface area (Å²) in [6.45, 7) is 11.3. The van der Waals surface area contributed by atoms with Gasteiger partial charge in [-0.3, -0.25) is 9.59 Å². The van der Waals surface area contributed by atoms with Crippen molar-refractivity contribution in [2.45, 2.75) is 90.6 Å². The van der Waals surface area contributed by atoms with E-state index in [2.05, 4.69) is 71.5 Å². The van der Waals surface area contributed by atoms with Gasteiger partial charge in [-0.1, -0.05) is 58.0 Å². The van der Waals surface area contributed by atoms with E-state index in [-0.39, 0.29) is 48.8 Å². The quantitative estimate of drug-likeness (QED) is 0.0787. The summed E-state index contributed by atoms with van der Waals surface area (Å²) >= 11 is 0. The number of rotatable bonds is 15. The maximum Gasteiger partial charge on any atom is 0.407 e. The van der Waals surface area contributed by atoms with Gasteiger partial charge in [0.25, 0.3) is 0 Å². The van der Waals surface area contributed by atoms with Gasteiger partial charge in [0.15, 0.2) is 0 Å². The van der Waals surface area contributed by atoms with Gasteiger partial charge in [0.05, 0.1) is 68.5 Å². The van der Waals surface area contributed by atoms with Crippen molar-refractivity contribution in [1.82, 2.24) is 50.3 Å². The Morgan fingerprint density at radius 3 is 1.57 bits per heavy atom. The molecule has 2 aliphatic heterocycles. The zero-order valence-corrected chi connectivity index (χ0v) is 39.0. The Bertz CT molecular complexity index is 2540. The number of fused-ring (bicyclic) bond motifs is 1. The van der Waals surface area contributed by atoms with Gasteiger partial charge in [-0.25, -0.2) is 24.5 Å². The minimum atomic E-state index is -0.735. The number of hydrogen-bond donors (Lipinski definition) is 5. The largest absolute Gasteiger partial charge is 0.453 e. The number of carbonyl (C=O) groups is 4. The Hall–Kier alpha value is -6.27. The number of methoxy groups -OCH3 is 2. The molecule has 2 saturated heterocycles. The number of aromatic amines is 3. The number of imidazole rings is 3. The first-order valence-corrected chi connectivity index (χ1v) is 23.6. The first-order valence-electron chi connectivity index (χ1n) is 23.6. The molecule has 356 valence electrons. The molecule has 4 amide bonds. The predicted molar refractivity (Wildman–Crippen MR) is 248 cm³/mol. The van der Waals surface area contributed by atoms with Gasteiger partial charge in [0.2, 0.25) is 11.8 Å². The Morgan fingerprint density at radius 2 is 1.09 bits per heavy atom. The molecular weight excluding hydrogens is 857 g/mol. The second-order valence-electron chi connectivity index (χ2n) is 18.8. The summed E-state index contributed by atoms with van der Waals surface area (Å²) in [5.41, 5.74) is 6.99. The van der Waals surface area contributed by atoms with E-state index < -0.39 is 24.3 Å². The van der Waals surface area contributed by atoms with E-state index in [4.69, 9.17) is 33.9 Å². The lowest BCUT2D eigenvalue weighted by Gasteiger charge is -2.34. The van der Waals surface area contributed by atoms with Gasteiger partial charge in [-0.05, 0) is 78.4 Å². The number of ether oxygens (including phenoxy) is 4. The summed E-state index contributed by atoms with van der Waals surface area (Å²) < 4.78 is 21.0. The lowest BCUT2D eigenvalue weighted by Crippen LogP contribution is -2.54. The molecule has 0 spiro atoms. The van der Waals surface area contributed by atoms with Crippen LogP contribution >= 0.6 is 0 Å². The Labute approximate surface area is 389 Å². The van der Waals surface area contributed by atoms with Crippen LogP contribution < -0.4 is 10.6 Å². The average molecular weight is 919 g/mol. The highest BCUT2D eigenvalue weighted by molar-refractivity contribution is 6.00. The Balaban J connectivity index is 0.907. The molecule has 67 heavy (non-hydrogen) atoms. The molecule has 8 atom stereocenters. The van der Waals surface area contributed by atoms with E-state index >= 15 is 0 Å². The van der Waals surface area contributed by atoms with Crippen LogP contribution in [0.1, 0.15) is 65.0 Å². The molecular formula is C49H62N10O8. The number of nitrogens with zero attached hydrogens (tertiary/aromatic N) is 5. The predicted octanol–water partition coefficient (Wildman–Crippen LogP) is 6.28. The van der Waals surface area contributed by atoms with Crippen LogP contribution in [0.4, 0.5) is 9.59 Å². The van der Waals surface area contributed by atoms with E-state index in [9.17, 15) is 19.2 Å². The minimum absolute atomic E-state index is 0.0154. The number of carbonyl (C=O) groups excluding carboxylic acids is 4. The van der Waals surface area contributed by atoms with Crippen LogP contribution in [0.5, 0.6) is 0 Å². The molecule has 9 rings (SSSR count). The van der Waals surface area contributed by atoms with E-state index in [1.165, 1.54) is 14.2 Å². The molecule has 4 fully saturated rings. The molecule has 2 aromatic carbocycles. The van der Waals surface area contributed by atoms with Crippen LogP contribution in [0, 0.1) is 35.5 Å². The summed E-state index contributed by atoms with van der Waals surface area (Å²) in [6, 6.07) is 10.9.